The summed E-state index contributed by atoms with van der Waals surface area (Å²) in [4.78, 5) is 5.14. The van der Waals surface area contributed by atoms with Gasteiger partial charge in [0.15, 0.2) is 11.5 Å². The molecule has 0 amide bonds. The van der Waals surface area contributed by atoms with Crippen LogP contribution in [0.5, 0.6) is 11.5 Å². The molecule has 0 aliphatic carbocycles. The Morgan fingerprint density at radius 2 is 1.17 bits per heavy atom. The predicted molar refractivity (Wildman–Crippen MR) is 255 cm³/mol. The van der Waals surface area contributed by atoms with Gasteiger partial charge in [-0.15, -0.1) is 0 Å². The fraction of sp³-hybridized carbons (Fsp3) is 0.407. The number of furan rings is 1. The summed E-state index contributed by atoms with van der Waals surface area (Å²) in [6, 6.07) is 26.0. The number of rotatable bonds is 3. The lowest BCUT2D eigenvalue weighted by Gasteiger charge is -2.44. The van der Waals surface area contributed by atoms with Crippen LogP contribution < -0.4 is 35.9 Å². The molecule has 5 nitrogen and oxygen atoms in total. The van der Waals surface area contributed by atoms with E-state index in [1.54, 1.807) is 0 Å². The smallest absolute Gasteiger partial charge is 0.297 e. The first kappa shape index (κ1) is 40.3. The zero-order valence-electron chi connectivity index (χ0n) is 38.7. The molecule has 0 fully saturated rings. The first-order valence-corrected chi connectivity index (χ1v) is 22.2. The molecule has 0 N–H and O–H groups in total. The molecule has 310 valence electrons. The van der Waals surface area contributed by atoms with Crippen LogP contribution in [0.3, 0.4) is 0 Å². The van der Waals surface area contributed by atoms with Crippen LogP contribution in [0.1, 0.15) is 133 Å². The molecule has 0 spiro atoms. The maximum atomic E-state index is 7.36. The molecule has 4 heterocycles. The summed E-state index contributed by atoms with van der Waals surface area (Å²) in [7, 11) is 0. The highest BCUT2D eigenvalue weighted by Crippen LogP contribution is 2.52. The minimum Gasteiger partial charge on any atom is -0.490 e. The molecule has 0 unspecified atom stereocenters. The Morgan fingerprint density at radius 1 is 0.583 bits per heavy atom. The van der Waals surface area contributed by atoms with Gasteiger partial charge in [0, 0.05) is 34.4 Å². The van der Waals surface area contributed by atoms with Crippen LogP contribution in [0.25, 0.3) is 11.0 Å². The molecule has 0 radical (unpaired) electrons. The first-order chi connectivity index (χ1) is 28.1. The number of nitrogens with zero attached hydrogens (tertiary/aromatic N) is 2. The second kappa shape index (κ2) is 13.7. The van der Waals surface area contributed by atoms with Crippen molar-refractivity contribution in [2.24, 2.45) is 0 Å². The van der Waals surface area contributed by atoms with E-state index in [-0.39, 0.29) is 28.9 Å². The number of anilines is 6. The van der Waals surface area contributed by atoms with Crippen molar-refractivity contribution in [2.45, 2.75) is 132 Å². The van der Waals surface area contributed by atoms with Gasteiger partial charge < -0.3 is 23.7 Å². The number of hydrogen-bond acceptors (Lipinski definition) is 5. The summed E-state index contributed by atoms with van der Waals surface area (Å²) in [5.41, 5.74) is 21.4. The SMILES string of the molecule is Cc1cc(C(C)(C)C)cc(C)c1N1c2cc(C(C)C)cc3c2B(c2cc(C(C)(C)C)ccc2N3c2c(C)cc3c(c2C)OCCCO3)c2oc3ccc(C(C)(C)C)cc3c21. The Bertz CT molecular complexity index is 2710. The van der Waals surface area contributed by atoms with E-state index in [4.69, 9.17) is 13.9 Å². The van der Waals surface area contributed by atoms with E-state index in [0.717, 1.165) is 57.1 Å². The minimum atomic E-state index is -0.142. The maximum absolute atomic E-state index is 7.36. The third-order valence-electron chi connectivity index (χ3n) is 13.3. The van der Waals surface area contributed by atoms with Crippen molar-refractivity contribution in [1.29, 1.82) is 0 Å². The molecule has 6 heteroatoms. The lowest BCUT2D eigenvalue weighted by Crippen LogP contribution is -2.61. The quantitative estimate of drug-likeness (QED) is 0.166. The number of hydrogen-bond donors (Lipinski definition) is 0. The minimum absolute atomic E-state index is 0.0141. The molecule has 60 heavy (non-hydrogen) atoms. The molecule has 6 aromatic rings. The van der Waals surface area contributed by atoms with Gasteiger partial charge in [-0.2, -0.15) is 0 Å². The van der Waals surface area contributed by atoms with Crippen molar-refractivity contribution in [3.8, 4) is 11.5 Å². The van der Waals surface area contributed by atoms with Crippen LogP contribution in [0.2, 0.25) is 0 Å². The number of benzene rings is 5. The van der Waals surface area contributed by atoms with Gasteiger partial charge in [0.05, 0.1) is 35.9 Å². The monoisotopic (exact) mass is 798 g/mol. The van der Waals surface area contributed by atoms with E-state index in [9.17, 15) is 0 Å². The fourth-order valence-electron chi connectivity index (χ4n) is 9.95. The second-order valence-electron chi connectivity index (χ2n) is 21.3. The Balaban J connectivity index is 1.46. The third kappa shape index (κ3) is 6.26. The summed E-state index contributed by atoms with van der Waals surface area (Å²) < 4.78 is 20.2. The van der Waals surface area contributed by atoms with Crippen LogP contribution in [-0.4, -0.2) is 19.9 Å². The van der Waals surface area contributed by atoms with Crippen molar-refractivity contribution >= 4 is 68.4 Å². The van der Waals surface area contributed by atoms with Crippen LogP contribution >= 0.6 is 0 Å². The molecule has 5 aromatic carbocycles. The topological polar surface area (TPSA) is 38.1 Å². The van der Waals surface area contributed by atoms with Crippen LogP contribution in [-0.2, 0) is 16.2 Å². The van der Waals surface area contributed by atoms with Gasteiger partial charge in [-0.3, -0.25) is 0 Å². The summed E-state index contributed by atoms with van der Waals surface area (Å²) in [5, 5.41) is 1.16. The summed E-state index contributed by atoms with van der Waals surface area (Å²) in [5.74, 6) is 1.96. The van der Waals surface area contributed by atoms with Crippen LogP contribution in [0, 0.1) is 27.7 Å². The Hall–Kier alpha value is -5.10. The number of fused-ring (bicyclic) bond motifs is 7. The molecular formula is C54H63BN2O3. The highest BCUT2D eigenvalue weighted by molar-refractivity contribution is 7.00. The fourth-order valence-corrected chi connectivity index (χ4v) is 9.95. The zero-order valence-corrected chi connectivity index (χ0v) is 38.7. The van der Waals surface area contributed by atoms with E-state index in [1.807, 2.05) is 0 Å². The van der Waals surface area contributed by atoms with E-state index < -0.39 is 0 Å². The zero-order chi connectivity index (χ0) is 43.0. The highest BCUT2D eigenvalue weighted by Gasteiger charge is 2.48. The average Bonchev–Trinajstić information content (AvgIpc) is 3.37. The lowest BCUT2D eigenvalue weighted by atomic mass is 9.35. The standard InChI is InChI=1S/C54H63BN2O3/c1-30(2)35-26-42-46-43(27-35)57(47-31(3)23-38(24-32(47)4)54(13,14)15)49-39-28-36(52(7,8)9)18-20-44(39)60-51(49)55(46)40-29-37(53(10,11)12)17-19-41(40)56(42)48-33(5)25-45-50(34(48)6)59-22-16-21-58-45/h17-20,23-30H,16,21-22H2,1-15H3. The van der Waals surface area contributed by atoms with Crippen molar-refractivity contribution in [2.75, 3.05) is 23.0 Å². The summed E-state index contributed by atoms with van der Waals surface area (Å²) >= 11 is 0. The van der Waals surface area contributed by atoms with Crippen molar-refractivity contribution in [3.05, 3.63) is 111 Å². The first-order valence-electron chi connectivity index (χ1n) is 22.2. The van der Waals surface area contributed by atoms with Crippen molar-refractivity contribution in [3.63, 3.8) is 0 Å². The van der Waals surface area contributed by atoms with Crippen molar-refractivity contribution in [1.82, 2.24) is 0 Å². The third-order valence-corrected chi connectivity index (χ3v) is 13.3. The average molecular weight is 799 g/mol. The molecule has 0 saturated carbocycles. The number of aryl methyl sites for hydroxylation is 3. The second-order valence-corrected chi connectivity index (χ2v) is 21.3. The molecule has 1 aromatic heterocycles. The lowest BCUT2D eigenvalue weighted by molar-refractivity contribution is 0.296. The van der Waals surface area contributed by atoms with Gasteiger partial charge in [0.1, 0.15) is 5.58 Å². The normalized spacial score (nSPS) is 15.0. The molecule has 9 rings (SSSR count). The van der Waals surface area contributed by atoms with Gasteiger partial charge in [-0.05, 0) is 136 Å². The molecular weight excluding hydrogens is 735 g/mol. The Morgan fingerprint density at radius 3 is 1.80 bits per heavy atom. The molecule has 3 aliphatic rings. The Labute approximate surface area is 359 Å². The predicted octanol–water partition coefficient (Wildman–Crippen LogP) is 12.9. The summed E-state index contributed by atoms with van der Waals surface area (Å²) in [6.07, 6.45) is 0.860. The molecule has 0 bridgehead atoms. The van der Waals surface area contributed by atoms with E-state index in [1.165, 1.54) is 67.1 Å². The highest BCUT2D eigenvalue weighted by atomic mass is 16.5. The maximum Gasteiger partial charge on any atom is 0.297 e. The largest absolute Gasteiger partial charge is 0.490 e. The van der Waals surface area contributed by atoms with Crippen LogP contribution in [0.4, 0.5) is 34.1 Å². The van der Waals surface area contributed by atoms with Gasteiger partial charge >= 0.3 is 0 Å². The molecule has 0 saturated heterocycles. The molecule has 0 atom stereocenters. The van der Waals surface area contributed by atoms with Gasteiger partial charge in [0.25, 0.3) is 6.71 Å². The van der Waals surface area contributed by atoms with Gasteiger partial charge in [0.2, 0.25) is 0 Å². The van der Waals surface area contributed by atoms with Crippen LogP contribution in [0.15, 0.2) is 71.1 Å². The van der Waals surface area contributed by atoms with E-state index in [2.05, 4.69) is 180 Å². The Kier molecular flexibility index (Phi) is 9.21. The van der Waals surface area contributed by atoms with Gasteiger partial charge in [-0.25, -0.2) is 0 Å². The van der Waals surface area contributed by atoms with E-state index >= 15 is 0 Å². The van der Waals surface area contributed by atoms with Crippen molar-refractivity contribution < 1.29 is 13.9 Å². The van der Waals surface area contributed by atoms with Gasteiger partial charge in [-0.1, -0.05) is 106 Å². The number of ether oxygens (including phenoxy) is 2. The van der Waals surface area contributed by atoms with E-state index in [0.29, 0.717) is 13.2 Å². The molecule has 3 aliphatic heterocycles. The summed E-state index contributed by atoms with van der Waals surface area (Å²) in [6.45, 7) is 35.6.